The van der Waals surface area contributed by atoms with Gasteiger partial charge in [-0.05, 0) is 27.6 Å². The highest BCUT2D eigenvalue weighted by Crippen LogP contribution is 2.29. The molecule has 112 valence electrons. The first-order valence-electron chi connectivity index (χ1n) is 7.37. The van der Waals surface area contributed by atoms with Crippen molar-refractivity contribution in [3.05, 3.63) is 78.9 Å². The molecule has 4 rings (SSSR count). The third-order valence-corrected chi connectivity index (χ3v) is 3.94. The van der Waals surface area contributed by atoms with Crippen molar-refractivity contribution in [2.24, 2.45) is 0 Å². The number of carbonyl (C=O) groups is 1. The van der Waals surface area contributed by atoms with Gasteiger partial charge in [-0.3, -0.25) is 0 Å². The first-order chi connectivity index (χ1) is 11.3. The van der Waals surface area contributed by atoms with Gasteiger partial charge in [0.1, 0.15) is 12.9 Å². The van der Waals surface area contributed by atoms with Gasteiger partial charge < -0.3 is 4.74 Å². The van der Waals surface area contributed by atoms with Crippen LogP contribution >= 0.6 is 0 Å². The topological polar surface area (TPSA) is 44.1 Å². The summed E-state index contributed by atoms with van der Waals surface area (Å²) in [6.45, 7) is 0.221. The SMILES string of the molecule is O=C(OCc1c2ccccc2cc2ccccc12)n1ccnc1. The van der Waals surface area contributed by atoms with Crippen molar-refractivity contribution in [1.82, 2.24) is 9.55 Å². The van der Waals surface area contributed by atoms with E-state index in [1.54, 1.807) is 12.4 Å². The number of rotatable bonds is 2. The van der Waals surface area contributed by atoms with E-state index in [1.807, 2.05) is 24.3 Å². The lowest BCUT2D eigenvalue weighted by molar-refractivity contribution is 0.142. The molecular formula is C19H14N2O2. The van der Waals surface area contributed by atoms with E-state index in [0.29, 0.717) is 0 Å². The van der Waals surface area contributed by atoms with Crippen LogP contribution in [0.25, 0.3) is 21.5 Å². The van der Waals surface area contributed by atoms with Crippen LogP contribution in [0, 0.1) is 0 Å². The van der Waals surface area contributed by atoms with Gasteiger partial charge in [-0.2, -0.15) is 0 Å². The van der Waals surface area contributed by atoms with Crippen LogP contribution in [0.1, 0.15) is 5.56 Å². The molecule has 3 aromatic carbocycles. The summed E-state index contributed by atoms with van der Waals surface area (Å²) in [5, 5.41) is 4.48. The van der Waals surface area contributed by atoms with Gasteiger partial charge in [0.15, 0.2) is 0 Å². The van der Waals surface area contributed by atoms with Crippen molar-refractivity contribution < 1.29 is 9.53 Å². The van der Waals surface area contributed by atoms with Crippen LogP contribution in [-0.4, -0.2) is 15.6 Å². The Labute approximate surface area is 132 Å². The first-order valence-corrected chi connectivity index (χ1v) is 7.37. The van der Waals surface area contributed by atoms with Gasteiger partial charge in [-0.15, -0.1) is 0 Å². The maximum atomic E-state index is 12.1. The van der Waals surface area contributed by atoms with Gasteiger partial charge in [0.25, 0.3) is 0 Å². The van der Waals surface area contributed by atoms with E-state index < -0.39 is 6.09 Å². The van der Waals surface area contributed by atoms with E-state index in [4.69, 9.17) is 4.74 Å². The molecular weight excluding hydrogens is 288 g/mol. The predicted octanol–water partition coefficient (Wildman–Crippen LogP) is 4.37. The van der Waals surface area contributed by atoms with Gasteiger partial charge in [0.2, 0.25) is 0 Å². The number of carbonyl (C=O) groups excluding carboxylic acids is 1. The lowest BCUT2D eigenvalue weighted by Gasteiger charge is -2.12. The fraction of sp³-hybridized carbons (Fsp3) is 0.0526. The maximum Gasteiger partial charge on any atom is 0.419 e. The monoisotopic (exact) mass is 302 g/mol. The smallest absolute Gasteiger partial charge is 0.419 e. The minimum absolute atomic E-state index is 0.221. The van der Waals surface area contributed by atoms with Crippen molar-refractivity contribution >= 4 is 27.6 Å². The van der Waals surface area contributed by atoms with Gasteiger partial charge >= 0.3 is 6.09 Å². The Bertz CT molecular complexity index is 937. The average Bonchev–Trinajstić information content (AvgIpc) is 3.13. The number of imidazole rings is 1. The van der Waals surface area contributed by atoms with Crippen LogP contribution < -0.4 is 0 Å². The fourth-order valence-electron chi connectivity index (χ4n) is 2.84. The number of hydrogen-bond acceptors (Lipinski definition) is 3. The second-order valence-corrected chi connectivity index (χ2v) is 5.32. The van der Waals surface area contributed by atoms with Crippen molar-refractivity contribution in [3.8, 4) is 0 Å². The molecule has 0 aliphatic heterocycles. The first kappa shape index (κ1) is 13.5. The molecule has 4 nitrogen and oxygen atoms in total. The Morgan fingerprint density at radius 1 is 1.00 bits per heavy atom. The zero-order valence-corrected chi connectivity index (χ0v) is 12.3. The van der Waals surface area contributed by atoms with E-state index in [9.17, 15) is 4.79 Å². The van der Waals surface area contributed by atoms with E-state index >= 15 is 0 Å². The van der Waals surface area contributed by atoms with Crippen molar-refractivity contribution in [2.45, 2.75) is 6.61 Å². The summed E-state index contributed by atoms with van der Waals surface area (Å²) < 4.78 is 6.80. The van der Waals surface area contributed by atoms with Crippen LogP contribution in [0.2, 0.25) is 0 Å². The van der Waals surface area contributed by atoms with Crippen LogP contribution in [-0.2, 0) is 11.3 Å². The number of fused-ring (bicyclic) bond motifs is 2. The molecule has 4 aromatic rings. The summed E-state index contributed by atoms with van der Waals surface area (Å²) in [5.74, 6) is 0. The molecule has 0 atom stereocenters. The molecule has 0 radical (unpaired) electrons. The lowest BCUT2D eigenvalue weighted by Crippen LogP contribution is -2.11. The zero-order chi connectivity index (χ0) is 15.6. The Morgan fingerprint density at radius 2 is 1.65 bits per heavy atom. The highest BCUT2D eigenvalue weighted by atomic mass is 16.5. The highest BCUT2D eigenvalue weighted by molar-refractivity contribution is 6.02. The minimum Gasteiger partial charge on any atom is -0.444 e. The highest BCUT2D eigenvalue weighted by Gasteiger charge is 2.11. The molecule has 0 spiro atoms. The molecule has 0 fully saturated rings. The second-order valence-electron chi connectivity index (χ2n) is 5.32. The largest absolute Gasteiger partial charge is 0.444 e. The van der Waals surface area contributed by atoms with Crippen molar-refractivity contribution in [2.75, 3.05) is 0 Å². The summed E-state index contributed by atoms with van der Waals surface area (Å²) in [6, 6.07) is 18.4. The number of nitrogens with zero attached hydrogens (tertiary/aromatic N) is 2. The molecule has 1 aromatic heterocycles. The van der Waals surface area contributed by atoms with Crippen molar-refractivity contribution in [3.63, 3.8) is 0 Å². The third-order valence-electron chi connectivity index (χ3n) is 3.94. The maximum absolute atomic E-state index is 12.1. The molecule has 0 saturated carbocycles. The molecule has 0 unspecified atom stereocenters. The van der Waals surface area contributed by atoms with E-state index in [0.717, 1.165) is 27.1 Å². The molecule has 0 saturated heterocycles. The Hall–Kier alpha value is -3.14. The lowest BCUT2D eigenvalue weighted by atomic mass is 9.97. The summed E-state index contributed by atoms with van der Waals surface area (Å²) in [5.41, 5.74) is 1.02. The fourth-order valence-corrected chi connectivity index (χ4v) is 2.84. The predicted molar refractivity (Wildman–Crippen MR) is 89.3 cm³/mol. The average molecular weight is 302 g/mol. The number of aromatic nitrogens is 2. The number of benzene rings is 3. The normalized spacial score (nSPS) is 11.0. The summed E-state index contributed by atoms with van der Waals surface area (Å²) in [4.78, 5) is 15.9. The second kappa shape index (κ2) is 5.57. The molecule has 0 amide bonds. The third kappa shape index (κ3) is 2.44. The van der Waals surface area contributed by atoms with Crippen LogP contribution in [0.5, 0.6) is 0 Å². The Morgan fingerprint density at radius 3 is 2.26 bits per heavy atom. The number of hydrogen-bond donors (Lipinski definition) is 0. The molecule has 4 heteroatoms. The van der Waals surface area contributed by atoms with Crippen molar-refractivity contribution in [1.29, 1.82) is 0 Å². The van der Waals surface area contributed by atoms with Gasteiger partial charge in [0.05, 0.1) is 0 Å². The standard InChI is InChI=1S/C19H14N2O2/c22-19(21-10-9-20-13-21)23-12-18-16-7-3-1-5-14(16)11-15-6-2-4-8-17(15)18/h1-11,13H,12H2. The summed E-state index contributed by atoms with van der Waals surface area (Å²) >= 11 is 0. The summed E-state index contributed by atoms with van der Waals surface area (Å²) in [6.07, 6.45) is 4.13. The van der Waals surface area contributed by atoms with Gasteiger partial charge in [0, 0.05) is 18.0 Å². The Kier molecular flexibility index (Phi) is 3.27. The zero-order valence-electron chi connectivity index (χ0n) is 12.3. The van der Waals surface area contributed by atoms with Gasteiger partial charge in [-0.25, -0.2) is 14.3 Å². The molecule has 0 bridgehead atoms. The number of ether oxygens (including phenoxy) is 1. The summed E-state index contributed by atoms with van der Waals surface area (Å²) in [7, 11) is 0. The van der Waals surface area contributed by atoms with Gasteiger partial charge in [-0.1, -0.05) is 48.5 Å². The quantitative estimate of drug-likeness (QED) is 0.516. The van der Waals surface area contributed by atoms with Crippen LogP contribution in [0.3, 0.4) is 0 Å². The molecule has 23 heavy (non-hydrogen) atoms. The molecule has 0 aliphatic rings. The molecule has 1 heterocycles. The minimum atomic E-state index is -0.431. The van der Waals surface area contributed by atoms with Crippen LogP contribution in [0.4, 0.5) is 4.79 Å². The molecule has 0 aliphatic carbocycles. The molecule has 0 N–H and O–H groups in total. The van der Waals surface area contributed by atoms with E-state index in [1.165, 1.54) is 10.9 Å². The Balaban J connectivity index is 1.78. The van der Waals surface area contributed by atoms with E-state index in [2.05, 4.69) is 35.3 Å². The van der Waals surface area contributed by atoms with E-state index in [-0.39, 0.29) is 6.61 Å². The van der Waals surface area contributed by atoms with Crippen LogP contribution in [0.15, 0.2) is 73.3 Å².